The zero-order valence-electron chi connectivity index (χ0n) is 11.3. The molecule has 0 heterocycles. The Morgan fingerprint density at radius 2 is 2.11 bits per heavy atom. The van der Waals surface area contributed by atoms with Gasteiger partial charge in [-0.3, -0.25) is 4.79 Å². The van der Waals surface area contributed by atoms with E-state index in [1.807, 2.05) is 26.0 Å². The van der Waals surface area contributed by atoms with Crippen LogP contribution >= 0.6 is 11.6 Å². The Balaban J connectivity index is 2.58. The van der Waals surface area contributed by atoms with E-state index in [0.717, 1.165) is 0 Å². The number of hydrogen-bond acceptors (Lipinski definition) is 3. The lowest BCUT2D eigenvalue weighted by Gasteiger charge is -2.27. The summed E-state index contributed by atoms with van der Waals surface area (Å²) in [5, 5.41) is 15.4. The molecule has 0 fully saturated rings. The van der Waals surface area contributed by atoms with Gasteiger partial charge in [0.15, 0.2) is 0 Å². The molecule has 1 aromatic rings. The van der Waals surface area contributed by atoms with Gasteiger partial charge in [0, 0.05) is 0 Å². The van der Waals surface area contributed by atoms with Crippen LogP contribution in [0, 0.1) is 17.2 Å². The summed E-state index contributed by atoms with van der Waals surface area (Å²) in [6.45, 7) is 5.58. The maximum absolute atomic E-state index is 11.8. The molecule has 19 heavy (non-hydrogen) atoms. The molecule has 102 valence electrons. The molecule has 1 atom stereocenters. The number of benzene rings is 1. The average molecular weight is 280 g/mol. The molecular formula is C14H18ClN3O. The minimum absolute atomic E-state index is 0.0294. The third kappa shape index (κ3) is 4.15. The maximum atomic E-state index is 11.8. The lowest BCUT2D eigenvalue weighted by Crippen LogP contribution is -2.50. The van der Waals surface area contributed by atoms with Gasteiger partial charge in [-0.1, -0.05) is 37.6 Å². The summed E-state index contributed by atoms with van der Waals surface area (Å²) in [4.78, 5) is 11.8. The van der Waals surface area contributed by atoms with E-state index < -0.39 is 5.54 Å². The van der Waals surface area contributed by atoms with Crippen molar-refractivity contribution in [3.05, 3.63) is 29.3 Å². The van der Waals surface area contributed by atoms with Crippen molar-refractivity contribution in [2.75, 3.05) is 11.9 Å². The second-order valence-corrected chi connectivity index (χ2v) is 5.26. The minimum Gasteiger partial charge on any atom is -0.375 e. The first-order valence-corrected chi connectivity index (χ1v) is 6.47. The van der Waals surface area contributed by atoms with Crippen LogP contribution in [0.1, 0.15) is 20.8 Å². The van der Waals surface area contributed by atoms with Crippen molar-refractivity contribution in [1.29, 1.82) is 5.26 Å². The van der Waals surface area contributed by atoms with Crippen LogP contribution in [-0.4, -0.2) is 18.0 Å². The minimum atomic E-state index is -0.862. The monoisotopic (exact) mass is 279 g/mol. The van der Waals surface area contributed by atoms with Crippen LogP contribution in [0.25, 0.3) is 0 Å². The predicted octanol–water partition coefficient (Wildman–Crippen LogP) is 2.81. The van der Waals surface area contributed by atoms with E-state index in [4.69, 9.17) is 16.9 Å². The van der Waals surface area contributed by atoms with Gasteiger partial charge in [0.05, 0.1) is 23.3 Å². The lowest BCUT2D eigenvalue weighted by atomic mass is 9.90. The van der Waals surface area contributed by atoms with E-state index in [2.05, 4.69) is 16.7 Å². The lowest BCUT2D eigenvalue weighted by molar-refractivity contribution is -0.121. The highest BCUT2D eigenvalue weighted by Gasteiger charge is 2.29. The Morgan fingerprint density at radius 3 is 2.63 bits per heavy atom. The van der Waals surface area contributed by atoms with Gasteiger partial charge in [-0.25, -0.2) is 0 Å². The largest absolute Gasteiger partial charge is 0.375 e. The predicted molar refractivity (Wildman–Crippen MR) is 76.9 cm³/mol. The molecule has 0 bridgehead atoms. The number of carbonyl (C=O) groups is 1. The number of hydrogen-bond donors (Lipinski definition) is 2. The Labute approximate surface area is 118 Å². The van der Waals surface area contributed by atoms with Crippen LogP contribution in [0.5, 0.6) is 0 Å². The molecule has 0 spiro atoms. The highest BCUT2D eigenvalue weighted by Crippen LogP contribution is 2.20. The fourth-order valence-electron chi connectivity index (χ4n) is 1.42. The Morgan fingerprint density at radius 1 is 1.47 bits per heavy atom. The smallest absolute Gasteiger partial charge is 0.240 e. The van der Waals surface area contributed by atoms with Crippen LogP contribution in [0.2, 0.25) is 5.02 Å². The molecule has 0 saturated heterocycles. The zero-order chi connectivity index (χ0) is 14.5. The molecule has 1 aromatic carbocycles. The summed E-state index contributed by atoms with van der Waals surface area (Å²) in [7, 11) is 0. The van der Waals surface area contributed by atoms with E-state index in [-0.39, 0.29) is 18.4 Å². The van der Waals surface area contributed by atoms with Crippen molar-refractivity contribution in [2.24, 2.45) is 5.92 Å². The van der Waals surface area contributed by atoms with Crippen molar-refractivity contribution in [3.63, 3.8) is 0 Å². The molecule has 4 nitrogen and oxygen atoms in total. The van der Waals surface area contributed by atoms with E-state index in [1.165, 1.54) is 0 Å². The second kappa shape index (κ2) is 6.44. The number of rotatable bonds is 5. The third-order valence-electron chi connectivity index (χ3n) is 3.10. The quantitative estimate of drug-likeness (QED) is 0.871. The highest BCUT2D eigenvalue weighted by molar-refractivity contribution is 6.33. The van der Waals surface area contributed by atoms with Crippen LogP contribution in [-0.2, 0) is 4.79 Å². The third-order valence-corrected chi connectivity index (χ3v) is 3.43. The molecule has 5 heteroatoms. The Hall–Kier alpha value is -1.73. The Bertz CT molecular complexity index is 496. The summed E-state index contributed by atoms with van der Waals surface area (Å²) < 4.78 is 0. The number of para-hydroxylation sites is 1. The van der Waals surface area contributed by atoms with Gasteiger partial charge in [-0.15, -0.1) is 0 Å². The summed E-state index contributed by atoms with van der Waals surface area (Å²) in [6.07, 6.45) is 0. The molecule has 0 aliphatic carbocycles. The molecular weight excluding hydrogens is 262 g/mol. The maximum Gasteiger partial charge on any atom is 0.240 e. The molecule has 0 radical (unpaired) electrons. The molecule has 0 aliphatic heterocycles. The number of halogens is 1. The van der Waals surface area contributed by atoms with Crippen molar-refractivity contribution >= 4 is 23.2 Å². The fourth-order valence-corrected chi connectivity index (χ4v) is 1.62. The summed E-state index contributed by atoms with van der Waals surface area (Å²) in [5.41, 5.74) is -0.165. The molecule has 1 rings (SSSR count). The van der Waals surface area contributed by atoms with E-state index in [1.54, 1.807) is 19.1 Å². The first kappa shape index (κ1) is 15.3. The van der Waals surface area contributed by atoms with Crippen LogP contribution in [0.15, 0.2) is 24.3 Å². The number of nitrogens with one attached hydrogen (secondary N) is 2. The van der Waals surface area contributed by atoms with Crippen molar-refractivity contribution in [2.45, 2.75) is 26.3 Å². The number of nitriles is 1. The second-order valence-electron chi connectivity index (χ2n) is 4.85. The fraction of sp³-hybridized carbons (Fsp3) is 0.429. The van der Waals surface area contributed by atoms with Crippen molar-refractivity contribution in [3.8, 4) is 6.07 Å². The normalized spacial score (nSPS) is 13.5. The number of nitrogens with zero attached hydrogens (tertiary/aromatic N) is 1. The molecule has 2 N–H and O–H groups in total. The average Bonchev–Trinajstić information content (AvgIpc) is 2.37. The van der Waals surface area contributed by atoms with E-state index in [0.29, 0.717) is 10.7 Å². The number of amides is 1. The number of anilines is 1. The summed E-state index contributed by atoms with van der Waals surface area (Å²) >= 11 is 5.97. The zero-order valence-corrected chi connectivity index (χ0v) is 12.1. The molecule has 0 aromatic heterocycles. The van der Waals surface area contributed by atoms with Crippen molar-refractivity contribution in [1.82, 2.24) is 5.32 Å². The number of carbonyl (C=O) groups excluding carboxylic acids is 1. The first-order valence-electron chi connectivity index (χ1n) is 6.09. The van der Waals surface area contributed by atoms with Gasteiger partial charge >= 0.3 is 0 Å². The van der Waals surface area contributed by atoms with Gasteiger partial charge < -0.3 is 10.6 Å². The van der Waals surface area contributed by atoms with Gasteiger partial charge in [-0.05, 0) is 25.0 Å². The van der Waals surface area contributed by atoms with Gasteiger partial charge in [0.25, 0.3) is 0 Å². The molecule has 1 amide bonds. The van der Waals surface area contributed by atoms with E-state index in [9.17, 15) is 4.79 Å². The molecule has 0 aliphatic rings. The molecule has 0 saturated carbocycles. The summed E-state index contributed by atoms with van der Waals surface area (Å²) in [5.74, 6) is -0.209. The van der Waals surface area contributed by atoms with Gasteiger partial charge in [0.1, 0.15) is 5.54 Å². The Kier molecular flexibility index (Phi) is 5.20. The van der Waals surface area contributed by atoms with Crippen LogP contribution in [0.3, 0.4) is 0 Å². The first-order chi connectivity index (χ1) is 8.89. The van der Waals surface area contributed by atoms with E-state index >= 15 is 0 Å². The van der Waals surface area contributed by atoms with Crippen LogP contribution < -0.4 is 10.6 Å². The SMILES string of the molecule is CC(C)[C@](C)(C#N)NC(=O)CNc1ccccc1Cl. The van der Waals surface area contributed by atoms with Gasteiger partial charge in [0.2, 0.25) is 5.91 Å². The highest BCUT2D eigenvalue weighted by atomic mass is 35.5. The van der Waals surface area contributed by atoms with Crippen molar-refractivity contribution < 1.29 is 4.79 Å². The topological polar surface area (TPSA) is 64.9 Å². The molecule has 0 unspecified atom stereocenters. The van der Waals surface area contributed by atoms with Crippen LogP contribution in [0.4, 0.5) is 5.69 Å². The standard InChI is InChI=1S/C14H18ClN3O/c1-10(2)14(3,9-16)18-13(19)8-17-12-7-5-4-6-11(12)15/h4-7,10,17H,8H2,1-3H3,(H,18,19)/t14-/m0/s1. The van der Waals surface area contributed by atoms with Gasteiger partial charge in [-0.2, -0.15) is 5.26 Å². The summed E-state index contributed by atoms with van der Waals surface area (Å²) in [6, 6.07) is 9.32.